The molecule has 0 unspecified atom stereocenters. The Kier molecular flexibility index (Phi) is 5.12. The molecule has 0 radical (unpaired) electrons. The van der Waals surface area contributed by atoms with Crippen molar-refractivity contribution in [1.29, 1.82) is 0 Å². The number of nitrogens with zero attached hydrogens (tertiary/aromatic N) is 3. The minimum absolute atomic E-state index is 0.0656. The van der Waals surface area contributed by atoms with E-state index in [1.165, 1.54) is 11.8 Å². The van der Waals surface area contributed by atoms with Crippen LogP contribution in [0.4, 0.5) is 0 Å². The molecule has 2 aromatic carbocycles. The maximum absolute atomic E-state index is 12.1. The summed E-state index contributed by atoms with van der Waals surface area (Å²) in [6, 6.07) is 15.2. The van der Waals surface area contributed by atoms with Gasteiger partial charge in [0.1, 0.15) is 11.3 Å². The summed E-state index contributed by atoms with van der Waals surface area (Å²) in [5, 5.41) is 8.43. The second-order valence-corrected chi connectivity index (χ2v) is 7.11. The van der Waals surface area contributed by atoms with Crippen molar-refractivity contribution in [3.8, 4) is 11.5 Å². The summed E-state index contributed by atoms with van der Waals surface area (Å²) in [6.07, 6.45) is -0.650. The standard InChI is InChI=1S/C20H17N3O4S/c1-12-7-9-14(10-8-12)19-23-22-18(27-19)13(2)25-17(24)11-28-20-21-15-5-3-4-6-16(15)26-20/h3-10,13H,11H2,1-2H3/t13-/m1/s1. The molecule has 28 heavy (non-hydrogen) atoms. The quantitative estimate of drug-likeness (QED) is 0.346. The van der Waals surface area contributed by atoms with Crippen molar-refractivity contribution in [2.45, 2.75) is 25.2 Å². The first kappa shape index (κ1) is 18.2. The van der Waals surface area contributed by atoms with Crippen molar-refractivity contribution >= 4 is 28.8 Å². The molecule has 0 amide bonds. The predicted octanol–water partition coefficient (Wildman–Crippen LogP) is 4.58. The summed E-state index contributed by atoms with van der Waals surface area (Å²) >= 11 is 1.18. The maximum atomic E-state index is 12.1. The molecule has 4 aromatic rings. The second-order valence-electron chi connectivity index (χ2n) is 6.18. The Morgan fingerprint density at radius 3 is 2.68 bits per heavy atom. The number of rotatable bonds is 6. The number of fused-ring (bicyclic) bond motifs is 1. The fourth-order valence-electron chi connectivity index (χ4n) is 2.53. The maximum Gasteiger partial charge on any atom is 0.317 e. The zero-order valence-electron chi connectivity index (χ0n) is 15.3. The Labute approximate surface area is 165 Å². The van der Waals surface area contributed by atoms with Gasteiger partial charge in [0.2, 0.25) is 5.89 Å². The number of thioether (sulfide) groups is 1. The van der Waals surface area contributed by atoms with Gasteiger partial charge in [-0.2, -0.15) is 0 Å². The molecule has 1 atom stereocenters. The smallest absolute Gasteiger partial charge is 0.317 e. The van der Waals surface area contributed by atoms with Gasteiger partial charge in [0.15, 0.2) is 11.7 Å². The fraction of sp³-hybridized carbons (Fsp3) is 0.200. The average Bonchev–Trinajstić information content (AvgIpc) is 3.34. The lowest BCUT2D eigenvalue weighted by Crippen LogP contribution is -2.11. The Hall–Kier alpha value is -3.13. The lowest BCUT2D eigenvalue weighted by Gasteiger charge is -2.08. The molecule has 0 saturated carbocycles. The van der Waals surface area contributed by atoms with Crippen LogP contribution in [0.1, 0.15) is 24.5 Å². The van der Waals surface area contributed by atoms with Gasteiger partial charge in [0.25, 0.3) is 11.1 Å². The minimum atomic E-state index is -0.650. The minimum Gasteiger partial charge on any atom is -0.452 e. The first-order valence-electron chi connectivity index (χ1n) is 8.67. The van der Waals surface area contributed by atoms with Crippen molar-refractivity contribution < 1.29 is 18.4 Å². The van der Waals surface area contributed by atoms with Crippen molar-refractivity contribution in [1.82, 2.24) is 15.2 Å². The van der Waals surface area contributed by atoms with Gasteiger partial charge in [-0.1, -0.05) is 41.6 Å². The third-order valence-corrected chi connectivity index (χ3v) is 4.78. The zero-order valence-corrected chi connectivity index (χ0v) is 16.1. The highest BCUT2D eigenvalue weighted by molar-refractivity contribution is 7.99. The number of ether oxygens (including phenoxy) is 1. The van der Waals surface area contributed by atoms with Gasteiger partial charge in [-0.15, -0.1) is 10.2 Å². The number of oxazole rings is 1. The number of aryl methyl sites for hydroxylation is 1. The molecule has 0 N–H and O–H groups in total. The fourth-order valence-corrected chi connectivity index (χ4v) is 3.15. The lowest BCUT2D eigenvalue weighted by atomic mass is 10.1. The van der Waals surface area contributed by atoms with E-state index >= 15 is 0 Å². The van der Waals surface area contributed by atoms with E-state index in [0.717, 1.165) is 16.6 Å². The molecule has 7 nitrogen and oxygen atoms in total. The van der Waals surface area contributed by atoms with E-state index in [2.05, 4.69) is 15.2 Å². The van der Waals surface area contributed by atoms with E-state index in [1.807, 2.05) is 55.5 Å². The number of para-hydroxylation sites is 2. The first-order chi connectivity index (χ1) is 13.6. The molecule has 2 heterocycles. The summed E-state index contributed by atoms with van der Waals surface area (Å²) in [5.74, 6) is 0.278. The molecule has 142 valence electrons. The number of carbonyl (C=O) groups is 1. The van der Waals surface area contributed by atoms with E-state index in [9.17, 15) is 4.79 Å². The first-order valence-corrected chi connectivity index (χ1v) is 9.65. The van der Waals surface area contributed by atoms with Gasteiger partial charge in [-0.05, 0) is 38.1 Å². The van der Waals surface area contributed by atoms with E-state index in [4.69, 9.17) is 13.6 Å². The van der Waals surface area contributed by atoms with Gasteiger partial charge in [-0.3, -0.25) is 4.79 Å². The van der Waals surface area contributed by atoms with Crippen LogP contribution in [-0.2, 0) is 9.53 Å². The van der Waals surface area contributed by atoms with Gasteiger partial charge in [0, 0.05) is 5.56 Å². The number of esters is 1. The van der Waals surface area contributed by atoms with Crippen molar-refractivity contribution in [2.24, 2.45) is 0 Å². The molecular formula is C20H17N3O4S. The number of carbonyl (C=O) groups excluding carboxylic acids is 1. The van der Waals surface area contributed by atoms with E-state index in [1.54, 1.807) is 6.92 Å². The van der Waals surface area contributed by atoms with Gasteiger partial charge in [0.05, 0.1) is 0 Å². The Balaban J connectivity index is 1.34. The Morgan fingerprint density at radius 1 is 1.11 bits per heavy atom. The van der Waals surface area contributed by atoms with Crippen LogP contribution in [0.25, 0.3) is 22.6 Å². The molecule has 0 bridgehead atoms. The molecule has 0 aliphatic rings. The van der Waals surface area contributed by atoms with E-state index in [0.29, 0.717) is 16.7 Å². The summed E-state index contributed by atoms with van der Waals surface area (Å²) in [5.41, 5.74) is 3.39. The third-order valence-electron chi connectivity index (χ3n) is 3.98. The Bertz CT molecular complexity index is 1070. The SMILES string of the molecule is Cc1ccc(-c2nnc([C@@H](C)OC(=O)CSc3nc4ccccc4o3)o2)cc1. The summed E-state index contributed by atoms with van der Waals surface area (Å²) in [7, 11) is 0. The number of aromatic nitrogens is 3. The van der Waals surface area contributed by atoms with Crippen molar-refractivity contribution in [3.05, 3.63) is 60.0 Å². The molecule has 0 saturated heterocycles. The lowest BCUT2D eigenvalue weighted by molar-refractivity contribution is -0.146. The monoisotopic (exact) mass is 395 g/mol. The van der Waals surface area contributed by atoms with Crippen LogP contribution >= 0.6 is 11.8 Å². The Morgan fingerprint density at radius 2 is 1.89 bits per heavy atom. The van der Waals surface area contributed by atoms with Crippen LogP contribution in [0.5, 0.6) is 0 Å². The molecule has 8 heteroatoms. The van der Waals surface area contributed by atoms with Crippen LogP contribution in [-0.4, -0.2) is 26.9 Å². The predicted molar refractivity (Wildman–Crippen MR) is 104 cm³/mol. The van der Waals surface area contributed by atoms with Crippen LogP contribution in [0.3, 0.4) is 0 Å². The highest BCUT2D eigenvalue weighted by Gasteiger charge is 2.20. The van der Waals surface area contributed by atoms with Crippen LogP contribution in [0, 0.1) is 6.92 Å². The number of benzene rings is 2. The highest BCUT2D eigenvalue weighted by atomic mass is 32.2. The molecule has 0 aliphatic carbocycles. The topological polar surface area (TPSA) is 91.2 Å². The molecule has 0 fully saturated rings. The molecule has 0 aliphatic heterocycles. The largest absolute Gasteiger partial charge is 0.452 e. The molecule has 2 aromatic heterocycles. The number of hydrogen-bond acceptors (Lipinski definition) is 8. The summed E-state index contributed by atoms with van der Waals surface area (Å²) in [4.78, 5) is 16.4. The van der Waals surface area contributed by atoms with Crippen molar-refractivity contribution in [2.75, 3.05) is 5.75 Å². The van der Waals surface area contributed by atoms with E-state index in [-0.39, 0.29) is 11.6 Å². The third kappa shape index (κ3) is 4.07. The molecule has 0 spiro atoms. The number of hydrogen-bond donors (Lipinski definition) is 0. The second kappa shape index (κ2) is 7.85. The van der Waals surface area contributed by atoms with Crippen LogP contribution in [0.2, 0.25) is 0 Å². The van der Waals surface area contributed by atoms with Crippen LogP contribution < -0.4 is 0 Å². The average molecular weight is 395 g/mol. The van der Waals surface area contributed by atoms with Gasteiger partial charge in [-0.25, -0.2) is 4.98 Å². The normalized spacial score (nSPS) is 12.2. The molecule has 4 rings (SSSR count). The van der Waals surface area contributed by atoms with Gasteiger partial charge < -0.3 is 13.6 Å². The van der Waals surface area contributed by atoms with Crippen molar-refractivity contribution in [3.63, 3.8) is 0 Å². The highest BCUT2D eigenvalue weighted by Crippen LogP contribution is 2.25. The summed E-state index contributed by atoms with van der Waals surface area (Å²) < 4.78 is 16.6. The van der Waals surface area contributed by atoms with Crippen LogP contribution in [0.15, 0.2) is 62.6 Å². The summed E-state index contributed by atoms with van der Waals surface area (Å²) in [6.45, 7) is 3.69. The van der Waals surface area contributed by atoms with E-state index < -0.39 is 12.1 Å². The van der Waals surface area contributed by atoms with Gasteiger partial charge >= 0.3 is 5.97 Å². The molecular weight excluding hydrogens is 378 g/mol. The zero-order chi connectivity index (χ0) is 19.5.